The molecule has 0 saturated carbocycles. The lowest BCUT2D eigenvalue weighted by Gasteiger charge is -2.15. The molecule has 0 aliphatic carbocycles. The number of hydrogen-bond donors (Lipinski definition) is 0. The van der Waals surface area contributed by atoms with Crippen molar-refractivity contribution >= 4 is 20.9 Å². The van der Waals surface area contributed by atoms with Gasteiger partial charge in [-0.25, -0.2) is 13.4 Å². The summed E-state index contributed by atoms with van der Waals surface area (Å²) in [6, 6.07) is 10.9. The number of hydrogen-bond acceptors (Lipinski definition) is 9. The van der Waals surface area contributed by atoms with Crippen LogP contribution in [-0.4, -0.2) is 68.6 Å². The average Bonchev–Trinajstić information content (AvgIpc) is 3.32. The van der Waals surface area contributed by atoms with Gasteiger partial charge in [0.05, 0.1) is 42.2 Å². The molecule has 0 bridgehead atoms. The third kappa shape index (κ3) is 6.96. The molecule has 0 saturated heterocycles. The number of rotatable bonds is 15. The Labute approximate surface area is 235 Å². The van der Waals surface area contributed by atoms with E-state index in [4.69, 9.17) is 18.9 Å². The lowest BCUT2D eigenvalue weighted by Crippen LogP contribution is -2.16. The first kappa shape index (κ1) is 29.4. The van der Waals surface area contributed by atoms with Gasteiger partial charge in [0.2, 0.25) is 15.0 Å². The fraction of sp³-hybridized carbons (Fsp3) is 0.414. The monoisotopic (exact) mass is 568 g/mol. The Morgan fingerprint density at radius 1 is 0.775 bits per heavy atom. The van der Waals surface area contributed by atoms with Crippen LogP contribution in [0.2, 0.25) is 0 Å². The topological polar surface area (TPSA) is 115 Å². The van der Waals surface area contributed by atoms with Crippen molar-refractivity contribution in [2.75, 3.05) is 40.6 Å². The zero-order chi connectivity index (χ0) is 28.5. The van der Waals surface area contributed by atoms with E-state index in [1.807, 2.05) is 38.1 Å². The molecule has 11 heteroatoms. The van der Waals surface area contributed by atoms with Crippen LogP contribution in [0.1, 0.15) is 35.4 Å². The van der Waals surface area contributed by atoms with Gasteiger partial charge in [0.15, 0.2) is 0 Å². The first-order valence-electron chi connectivity index (χ1n) is 13.2. The molecule has 0 unspecified atom stereocenters. The third-order valence-corrected chi connectivity index (χ3v) is 8.07. The van der Waals surface area contributed by atoms with Crippen LogP contribution in [0.4, 0.5) is 0 Å². The van der Waals surface area contributed by atoms with Gasteiger partial charge in [0.1, 0.15) is 17.3 Å². The van der Waals surface area contributed by atoms with E-state index in [9.17, 15) is 8.42 Å². The molecular weight excluding hydrogens is 532 g/mol. The van der Waals surface area contributed by atoms with Crippen LogP contribution in [0.5, 0.6) is 11.5 Å². The summed E-state index contributed by atoms with van der Waals surface area (Å²) in [6.45, 7) is 6.11. The normalized spacial score (nSPS) is 11.7. The van der Waals surface area contributed by atoms with E-state index in [-0.39, 0.29) is 17.5 Å². The van der Waals surface area contributed by atoms with Crippen molar-refractivity contribution in [2.24, 2.45) is 0 Å². The molecule has 214 valence electrons. The molecule has 40 heavy (non-hydrogen) atoms. The van der Waals surface area contributed by atoms with Crippen molar-refractivity contribution in [3.05, 3.63) is 71.3 Å². The van der Waals surface area contributed by atoms with E-state index in [1.165, 1.54) is 0 Å². The van der Waals surface area contributed by atoms with E-state index in [1.54, 1.807) is 43.3 Å². The van der Waals surface area contributed by atoms with Crippen LogP contribution in [0.25, 0.3) is 11.0 Å². The van der Waals surface area contributed by atoms with E-state index in [2.05, 4.69) is 15.0 Å². The fourth-order valence-corrected chi connectivity index (χ4v) is 5.86. The van der Waals surface area contributed by atoms with Gasteiger partial charge >= 0.3 is 0 Å². The van der Waals surface area contributed by atoms with Crippen molar-refractivity contribution in [1.29, 1.82) is 0 Å². The summed E-state index contributed by atoms with van der Waals surface area (Å²) < 4.78 is 51.4. The second-order valence-corrected chi connectivity index (χ2v) is 11.3. The third-order valence-electron chi connectivity index (χ3n) is 6.55. The minimum Gasteiger partial charge on any atom is -0.493 e. The predicted octanol–water partition coefficient (Wildman–Crippen LogP) is 4.30. The van der Waals surface area contributed by atoms with Crippen LogP contribution in [0, 0.1) is 13.8 Å². The Kier molecular flexibility index (Phi) is 10.1. The molecule has 3 aromatic heterocycles. The summed E-state index contributed by atoms with van der Waals surface area (Å²) in [5.41, 5.74) is 3.94. The van der Waals surface area contributed by atoms with Gasteiger partial charge in [-0.2, -0.15) is 0 Å². The molecule has 3 heterocycles. The van der Waals surface area contributed by atoms with Crippen LogP contribution in [0.15, 0.2) is 53.9 Å². The van der Waals surface area contributed by atoms with Crippen molar-refractivity contribution in [1.82, 2.24) is 19.5 Å². The maximum Gasteiger partial charge on any atom is 0.229 e. The molecule has 0 aliphatic heterocycles. The van der Waals surface area contributed by atoms with Crippen LogP contribution in [0.3, 0.4) is 0 Å². The van der Waals surface area contributed by atoms with E-state index in [0.29, 0.717) is 65.9 Å². The van der Waals surface area contributed by atoms with Crippen molar-refractivity contribution < 1.29 is 27.4 Å². The van der Waals surface area contributed by atoms with Crippen molar-refractivity contribution in [3.63, 3.8) is 0 Å². The number of fused-ring (bicyclic) bond motifs is 1. The number of benzene rings is 1. The molecule has 0 spiro atoms. The van der Waals surface area contributed by atoms with Crippen molar-refractivity contribution in [2.45, 2.75) is 44.1 Å². The number of sulfone groups is 1. The highest BCUT2D eigenvalue weighted by Gasteiger charge is 2.27. The lowest BCUT2D eigenvalue weighted by molar-refractivity contribution is 0.171. The van der Waals surface area contributed by atoms with E-state index < -0.39 is 9.84 Å². The Morgan fingerprint density at radius 2 is 1.35 bits per heavy atom. The molecule has 10 nitrogen and oxygen atoms in total. The Bertz CT molecular complexity index is 1540. The Balaban J connectivity index is 1.64. The molecule has 0 radical (unpaired) electrons. The Hall–Kier alpha value is -3.54. The minimum atomic E-state index is -3.90. The van der Waals surface area contributed by atoms with E-state index >= 15 is 0 Å². The van der Waals surface area contributed by atoms with Gasteiger partial charge in [-0.05, 0) is 38.1 Å². The first-order valence-corrected chi connectivity index (χ1v) is 14.8. The molecule has 0 atom stereocenters. The zero-order valence-electron chi connectivity index (χ0n) is 23.4. The van der Waals surface area contributed by atoms with Crippen LogP contribution in [-0.2, 0) is 31.6 Å². The first-order chi connectivity index (χ1) is 19.4. The average molecular weight is 569 g/mol. The summed E-state index contributed by atoms with van der Waals surface area (Å²) >= 11 is 0. The number of imidazole rings is 1. The largest absolute Gasteiger partial charge is 0.493 e. The van der Waals surface area contributed by atoms with Gasteiger partial charge in [-0.1, -0.05) is 12.1 Å². The van der Waals surface area contributed by atoms with Gasteiger partial charge in [-0.15, -0.1) is 0 Å². The SMILES string of the molecule is COCCCOc1ccnc(Cn2c(S(=O)(=O)Cc3nccc(OCCCOC)c3C)nc3ccccc32)c1C. The quantitative estimate of drug-likeness (QED) is 0.194. The highest BCUT2D eigenvalue weighted by molar-refractivity contribution is 7.90. The molecule has 1 aromatic carbocycles. The summed E-state index contributed by atoms with van der Waals surface area (Å²) in [4.78, 5) is 13.5. The van der Waals surface area contributed by atoms with Gasteiger partial charge < -0.3 is 23.5 Å². The molecule has 0 fully saturated rings. The summed E-state index contributed by atoms with van der Waals surface area (Å²) in [7, 11) is -0.602. The van der Waals surface area contributed by atoms with Gasteiger partial charge in [0, 0.05) is 63.8 Å². The van der Waals surface area contributed by atoms with Crippen LogP contribution >= 0.6 is 0 Å². The maximum atomic E-state index is 13.9. The summed E-state index contributed by atoms with van der Waals surface area (Å²) in [6.07, 6.45) is 4.72. The van der Waals surface area contributed by atoms with E-state index in [0.717, 1.165) is 18.4 Å². The number of nitrogens with zero attached hydrogens (tertiary/aromatic N) is 4. The molecule has 4 rings (SSSR count). The van der Waals surface area contributed by atoms with Gasteiger partial charge in [0.25, 0.3) is 0 Å². The lowest BCUT2D eigenvalue weighted by atomic mass is 10.2. The molecule has 0 amide bonds. The number of para-hydroxylation sites is 2. The second-order valence-electron chi connectivity index (χ2n) is 9.38. The predicted molar refractivity (Wildman–Crippen MR) is 152 cm³/mol. The standard InChI is InChI=1S/C29H36N4O6S/c1-21-24(30-13-11-27(21)38-17-7-15-36-3)19-33-26-10-6-5-9-23(26)32-29(33)40(34,35)20-25-22(2)28(12-14-31-25)39-18-8-16-37-4/h5-6,9-14H,7-8,15-20H2,1-4H3. The molecular formula is C29H36N4O6S. The summed E-state index contributed by atoms with van der Waals surface area (Å²) in [5, 5.41) is -0.0334. The van der Waals surface area contributed by atoms with Gasteiger partial charge in [-0.3, -0.25) is 9.97 Å². The highest BCUT2D eigenvalue weighted by Crippen LogP contribution is 2.28. The molecule has 0 aliphatic rings. The smallest absolute Gasteiger partial charge is 0.229 e. The van der Waals surface area contributed by atoms with Crippen LogP contribution < -0.4 is 9.47 Å². The molecule has 4 aromatic rings. The number of pyridine rings is 2. The highest BCUT2D eigenvalue weighted by atomic mass is 32.2. The number of methoxy groups -OCH3 is 2. The fourth-order valence-electron chi connectivity index (χ4n) is 4.34. The summed E-state index contributed by atoms with van der Waals surface area (Å²) in [5.74, 6) is 0.996. The number of ether oxygens (including phenoxy) is 4. The molecule has 0 N–H and O–H groups in total. The zero-order valence-corrected chi connectivity index (χ0v) is 24.2. The maximum absolute atomic E-state index is 13.9. The minimum absolute atomic E-state index is 0.0334. The van der Waals surface area contributed by atoms with Crippen molar-refractivity contribution in [3.8, 4) is 11.5 Å². The number of aromatic nitrogens is 4. The Morgan fingerprint density at radius 3 is 1.98 bits per heavy atom. The second kappa shape index (κ2) is 13.7.